The predicted molar refractivity (Wildman–Crippen MR) is 70.3 cm³/mol. The Labute approximate surface area is 109 Å². The molecule has 0 aliphatic carbocycles. The summed E-state index contributed by atoms with van der Waals surface area (Å²) in [6, 6.07) is 0.299. The van der Waals surface area contributed by atoms with E-state index in [1.54, 1.807) is 0 Å². The first-order valence-electron chi connectivity index (χ1n) is 6.49. The third-order valence-electron chi connectivity index (χ3n) is 3.04. The van der Waals surface area contributed by atoms with Gasteiger partial charge in [0.1, 0.15) is 6.10 Å². The molecule has 2 atom stereocenters. The third-order valence-corrected chi connectivity index (χ3v) is 3.04. The second-order valence-corrected chi connectivity index (χ2v) is 5.56. The summed E-state index contributed by atoms with van der Waals surface area (Å²) < 4.78 is 10.7. The molecule has 0 aliphatic rings. The number of nitrogens with one attached hydrogen (secondary N) is 1. The molecule has 2 unspecified atom stereocenters. The largest absolute Gasteiger partial charge is 0.371 e. The minimum absolute atomic E-state index is 0.116. The van der Waals surface area contributed by atoms with Crippen LogP contribution in [0.25, 0.3) is 0 Å². The summed E-state index contributed by atoms with van der Waals surface area (Å²) in [5.74, 6) is 1.28. The Morgan fingerprint density at radius 1 is 1.39 bits per heavy atom. The molecule has 5 heteroatoms. The lowest BCUT2D eigenvalue weighted by atomic mass is 9.85. The van der Waals surface area contributed by atoms with Gasteiger partial charge in [0.2, 0.25) is 5.89 Å². The van der Waals surface area contributed by atoms with E-state index >= 15 is 0 Å². The molecular formula is C13H25N3O2. The zero-order valence-electron chi connectivity index (χ0n) is 12.3. The van der Waals surface area contributed by atoms with Crippen molar-refractivity contribution in [2.24, 2.45) is 5.41 Å². The summed E-state index contributed by atoms with van der Waals surface area (Å²) in [6.45, 7) is 11.1. The molecule has 18 heavy (non-hydrogen) atoms. The highest BCUT2D eigenvalue weighted by Gasteiger charge is 2.26. The maximum Gasteiger partial charge on any atom is 0.228 e. The van der Waals surface area contributed by atoms with E-state index in [4.69, 9.17) is 9.26 Å². The molecule has 0 saturated carbocycles. The molecule has 1 heterocycles. The first kappa shape index (κ1) is 15.1. The van der Waals surface area contributed by atoms with Gasteiger partial charge in [-0.2, -0.15) is 4.98 Å². The molecule has 0 saturated heterocycles. The molecule has 0 aliphatic heterocycles. The molecule has 0 radical (unpaired) electrons. The monoisotopic (exact) mass is 255 g/mol. The summed E-state index contributed by atoms with van der Waals surface area (Å²) in [5.41, 5.74) is 0.148. The van der Waals surface area contributed by atoms with Crippen LogP contribution in [-0.2, 0) is 11.2 Å². The predicted octanol–water partition coefficient (Wildman–Crippen LogP) is 2.34. The van der Waals surface area contributed by atoms with Crippen molar-refractivity contribution >= 4 is 0 Å². The number of hydrogen-bond donors (Lipinski definition) is 1. The van der Waals surface area contributed by atoms with Gasteiger partial charge in [0, 0.05) is 19.1 Å². The number of nitrogens with zero attached hydrogens (tertiary/aromatic N) is 2. The van der Waals surface area contributed by atoms with Crippen molar-refractivity contribution in [1.29, 1.82) is 0 Å². The highest BCUT2D eigenvalue weighted by molar-refractivity contribution is 4.94. The van der Waals surface area contributed by atoms with Crippen LogP contribution >= 0.6 is 0 Å². The molecule has 1 aromatic heterocycles. The second kappa shape index (κ2) is 6.29. The SMILES string of the molecule is CCOC(C)c1noc(CC(NC)C(C)(C)C)n1. The van der Waals surface area contributed by atoms with E-state index in [9.17, 15) is 0 Å². The van der Waals surface area contributed by atoms with Crippen LogP contribution in [0.1, 0.15) is 52.4 Å². The average molecular weight is 255 g/mol. The van der Waals surface area contributed by atoms with E-state index in [1.165, 1.54) is 0 Å². The lowest BCUT2D eigenvalue weighted by Crippen LogP contribution is -2.39. The Balaban J connectivity index is 2.68. The Morgan fingerprint density at radius 3 is 2.56 bits per heavy atom. The van der Waals surface area contributed by atoms with Crippen LogP contribution in [0.4, 0.5) is 0 Å². The van der Waals surface area contributed by atoms with Gasteiger partial charge in [-0.3, -0.25) is 0 Å². The van der Waals surface area contributed by atoms with Crippen molar-refractivity contribution in [1.82, 2.24) is 15.5 Å². The molecule has 0 amide bonds. The van der Waals surface area contributed by atoms with Crippen molar-refractivity contribution in [2.75, 3.05) is 13.7 Å². The molecule has 0 bridgehead atoms. The lowest BCUT2D eigenvalue weighted by Gasteiger charge is -2.29. The standard InChI is InChI=1S/C13H25N3O2/c1-7-17-9(2)12-15-11(18-16-12)8-10(14-6)13(3,4)5/h9-10,14H,7-8H2,1-6H3. The lowest BCUT2D eigenvalue weighted by molar-refractivity contribution is 0.0683. The normalized spacial score (nSPS) is 15.7. The highest BCUT2D eigenvalue weighted by atomic mass is 16.5. The van der Waals surface area contributed by atoms with E-state index in [0.717, 1.165) is 6.42 Å². The molecular weight excluding hydrogens is 230 g/mol. The van der Waals surface area contributed by atoms with Gasteiger partial charge < -0.3 is 14.6 Å². The zero-order chi connectivity index (χ0) is 13.8. The van der Waals surface area contributed by atoms with Crippen molar-refractivity contribution in [3.8, 4) is 0 Å². The molecule has 1 rings (SSSR count). The molecule has 1 aromatic rings. The van der Waals surface area contributed by atoms with Crippen LogP contribution in [0.15, 0.2) is 4.52 Å². The maximum atomic E-state index is 5.44. The van der Waals surface area contributed by atoms with Gasteiger partial charge in [0.05, 0.1) is 0 Å². The Morgan fingerprint density at radius 2 is 2.06 bits per heavy atom. The van der Waals surface area contributed by atoms with Crippen molar-refractivity contribution in [2.45, 2.75) is 53.2 Å². The van der Waals surface area contributed by atoms with Gasteiger partial charge >= 0.3 is 0 Å². The Bertz CT molecular complexity index is 357. The minimum atomic E-state index is -0.116. The van der Waals surface area contributed by atoms with Crippen LogP contribution in [0.2, 0.25) is 0 Å². The van der Waals surface area contributed by atoms with E-state index in [0.29, 0.717) is 24.4 Å². The van der Waals surface area contributed by atoms with Crippen LogP contribution in [-0.4, -0.2) is 29.8 Å². The van der Waals surface area contributed by atoms with E-state index in [1.807, 2.05) is 20.9 Å². The molecule has 0 spiro atoms. The van der Waals surface area contributed by atoms with Crippen LogP contribution in [0.5, 0.6) is 0 Å². The first-order valence-corrected chi connectivity index (χ1v) is 6.49. The number of aromatic nitrogens is 2. The summed E-state index contributed by atoms with van der Waals surface area (Å²) in [5, 5.41) is 7.26. The first-order chi connectivity index (χ1) is 8.38. The summed E-state index contributed by atoms with van der Waals surface area (Å²) in [6.07, 6.45) is 0.612. The Kier molecular flexibility index (Phi) is 5.28. The molecule has 0 fully saturated rings. The third kappa shape index (κ3) is 4.07. The zero-order valence-corrected chi connectivity index (χ0v) is 12.3. The average Bonchev–Trinajstić information content (AvgIpc) is 2.73. The fraction of sp³-hybridized carbons (Fsp3) is 0.846. The molecule has 1 N–H and O–H groups in total. The highest BCUT2D eigenvalue weighted by Crippen LogP contribution is 2.22. The second-order valence-electron chi connectivity index (χ2n) is 5.56. The summed E-state index contributed by atoms with van der Waals surface area (Å²) >= 11 is 0. The maximum absolute atomic E-state index is 5.44. The number of ether oxygens (including phenoxy) is 1. The van der Waals surface area contributed by atoms with Gasteiger partial charge in [0.15, 0.2) is 5.82 Å². The van der Waals surface area contributed by atoms with E-state index < -0.39 is 0 Å². The van der Waals surface area contributed by atoms with Crippen molar-refractivity contribution < 1.29 is 9.26 Å². The van der Waals surface area contributed by atoms with Crippen LogP contribution in [0, 0.1) is 5.41 Å². The topological polar surface area (TPSA) is 60.2 Å². The van der Waals surface area contributed by atoms with Gasteiger partial charge in [0.25, 0.3) is 0 Å². The summed E-state index contributed by atoms with van der Waals surface area (Å²) in [7, 11) is 1.95. The fourth-order valence-electron chi connectivity index (χ4n) is 1.86. The number of likely N-dealkylation sites (N-methyl/N-ethyl adjacent to an activating group) is 1. The molecule has 0 aromatic carbocycles. The van der Waals surface area contributed by atoms with Gasteiger partial charge in [-0.25, -0.2) is 0 Å². The van der Waals surface area contributed by atoms with Gasteiger partial charge in [-0.1, -0.05) is 25.9 Å². The van der Waals surface area contributed by atoms with E-state index in [-0.39, 0.29) is 11.5 Å². The van der Waals surface area contributed by atoms with Crippen LogP contribution < -0.4 is 5.32 Å². The van der Waals surface area contributed by atoms with E-state index in [2.05, 4.69) is 36.2 Å². The number of rotatable bonds is 6. The van der Waals surface area contributed by atoms with Crippen LogP contribution in [0.3, 0.4) is 0 Å². The molecule has 5 nitrogen and oxygen atoms in total. The number of hydrogen-bond acceptors (Lipinski definition) is 5. The minimum Gasteiger partial charge on any atom is -0.371 e. The van der Waals surface area contributed by atoms with Gasteiger partial charge in [-0.15, -0.1) is 0 Å². The summed E-state index contributed by atoms with van der Waals surface area (Å²) in [4.78, 5) is 4.39. The fourth-order valence-corrected chi connectivity index (χ4v) is 1.86. The van der Waals surface area contributed by atoms with Crippen molar-refractivity contribution in [3.05, 3.63) is 11.7 Å². The quantitative estimate of drug-likeness (QED) is 0.845. The smallest absolute Gasteiger partial charge is 0.228 e. The van der Waals surface area contributed by atoms with Gasteiger partial charge in [-0.05, 0) is 26.3 Å². The molecule has 104 valence electrons. The Hall–Kier alpha value is -0.940. The van der Waals surface area contributed by atoms with Crippen molar-refractivity contribution in [3.63, 3.8) is 0 Å².